The number of aliphatic hydroxyl groups excluding tert-OH is 1. The monoisotopic (exact) mass is 955 g/mol. The van der Waals surface area contributed by atoms with E-state index in [1.807, 2.05) is 165 Å². The minimum absolute atomic E-state index is 0.0519. The molecule has 1 saturated heterocycles. The molecule has 12 heteroatoms. The third kappa shape index (κ3) is 11.6. The highest BCUT2D eigenvalue weighted by molar-refractivity contribution is 7.99. The number of amides is 1. The van der Waals surface area contributed by atoms with E-state index in [0.29, 0.717) is 16.7 Å². The van der Waals surface area contributed by atoms with Gasteiger partial charge in [0.15, 0.2) is 12.1 Å². The van der Waals surface area contributed by atoms with E-state index in [0.717, 1.165) is 61.3 Å². The Hall–Kier alpha value is -6.64. The van der Waals surface area contributed by atoms with Gasteiger partial charge in [-0.05, 0) is 71.0 Å². The number of thioether (sulfide) groups is 1. The minimum atomic E-state index is -3.99. The zero-order valence-electron chi connectivity index (χ0n) is 38.3. The maximum atomic E-state index is 13.8. The van der Waals surface area contributed by atoms with Gasteiger partial charge in [-0.3, -0.25) is 4.79 Å². The number of hydrogen-bond acceptors (Lipinski definition) is 9. The number of aliphatic hydroxyl groups is 1. The van der Waals surface area contributed by atoms with Crippen LogP contribution in [0.15, 0.2) is 203 Å². The summed E-state index contributed by atoms with van der Waals surface area (Å²) >= 11 is 1.51. The Morgan fingerprint density at radius 1 is 0.681 bits per heavy atom. The largest absolute Gasteiger partial charge is 0.431 e. The highest BCUT2D eigenvalue weighted by Crippen LogP contribution is 2.44. The predicted molar refractivity (Wildman–Crippen MR) is 270 cm³/mol. The number of oxazole rings is 1. The van der Waals surface area contributed by atoms with Crippen LogP contribution in [0, 0.1) is 12.8 Å². The smallest absolute Gasteiger partial charge is 0.256 e. The first-order valence-corrected chi connectivity index (χ1v) is 25.4. The molecule has 2 heterocycles. The van der Waals surface area contributed by atoms with E-state index in [4.69, 9.17) is 18.9 Å². The molecular formula is C57H53N3O7S2. The van der Waals surface area contributed by atoms with Gasteiger partial charge in [0.2, 0.25) is 15.9 Å². The summed E-state index contributed by atoms with van der Waals surface area (Å²) in [5.41, 5.74) is 9.77. The lowest BCUT2D eigenvalue weighted by Gasteiger charge is -2.41. The van der Waals surface area contributed by atoms with Gasteiger partial charge < -0.3 is 24.3 Å². The lowest BCUT2D eigenvalue weighted by Crippen LogP contribution is -2.47. The molecule has 1 fully saturated rings. The Morgan fingerprint density at radius 3 is 2.00 bits per heavy atom. The van der Waals surface area contributed by atoms with Gasteiger partial charge in [0.25, 0.3) is 5.22 Å². The van der Waals surface area contributed by atoms with E-state index in [-0.39, 0.29) is 42.6 Å². The van der Waals surface area contributed by atoms with Crippen molar-refractivity contribution in [1.29, 1.82) is 0 Å². The van der Waals surface area contributed by atoms with Gasteiger partial charge in [0.1, 0.15) is 11.7 Å². The fourth-order valence-corrected chi connectivity index (χ4v) is 10.6. The zero-order valence-corrected chi connectivity index (χ0v) is 39.9. The SMILES string of the molecule is Cc1ccc(S(=O)(=O)NC(Cc2ccccc2)C(=O)NCc2cccc(-c3cccc(C4OC(CSc5nc(-c6ccccc6)c(-c6ccccc6)o5)C(C)C(c5ccc(CO)cc5)O4)c3)c2)cc1. The number of carbonyl (C=O) groups excluding carboxylic acids is 1. The van der Waals surface area contributed by atoms with Gasteiger partial charge in [-0.2, -0.15) is 4.72 Å². The number of aryl methyl sites for hydroxylation is 1. The summed E-state index contributed by atoms with van der Waals surface area (Å²) in [7, 11) is -3.99. The summed E-state index contributed by atoms with van der Waals surface area (Å²) in [6.07, 6.45) is -1.14. The highest BCUT2D eigenvalue weighted by atomic mass is 32.2. The third-order valence-electron chi connectivity index (χ3n) is 12.3. The first-order chi connectivity index (χ1) is 33.6. The molecule has 69 heavy (non-hydrogen) atoms. The molecule has 10 nitrogen and oxygen atoms in total. The van der Waals surface area contributed by atoms with Crippen LogP contribution in [0.25, 0.3) is 33.7 Å². The highest BCUT2D eigenvalue weighted by Gasteiger charge is 2.39. The van der Waals surface area contributed by atoms with Crippen molar-refractivity contribution in [3.05, 3.63) is 221 Å². The summed E-state index contributed by atoms with van der Waals surface area (Å²) < 4.78 is 49.8. The van der Waals surface area contributed by atoms with Crippen molar-refractivity contribution in [3.63, 3.8) is 0 Å². The van der Waals surface area contributed by atoms with Crippen LogP contribution in [0.3, 0.4) is 0 Å². The van der Waals surface area contributed by atoms with Crippen molar-refractivity contribution >= 4 is 27.7 Å². The van der Waals surface area contributed by atoms with Gasteiger partial charge >= 0.3 is 0 Å². The Kier molecular flexibility index (Phi) is 15.0. The van der Waals surface area contributed by atoms with Crippen LogP contribution in [0.1, 0.15) is 52.7 Å². The van der Waals surface area contributed by atoms with E-state index in [2.05, 4.69) is 23.0 Å². The molecule has 0 radical (unpaired) electrons. The van der Waals surface area contributed by atoms with Crippen LogP contribution in [0.5, 0.6) is 0 Å². The molecule has 5 atom stereocenters. The second-order valence-corrected chi connectivity index (χ2v) is 19.9. The average Bonchev–Trinajstić information content (AvgIpc) is 3.83. The van der Waals surface area contributed by atoms with Crippen molar-refractivity contribution in [1.82, 2.24) is 15.0 Å². The molecule has 1 amide bonds. The number of benzene rings is 7. The van der Waals surface area contributed by atoms with Crippen molar-refractivity contribution < 1.29 is 32.2 Å². The molecule has 0 bridgehead atoms. The molecule has 350 valence electrons. The van der Waals surface area contributed by atoms with E-state index < -0.39 is 28.3 Å². The Labute approximate surface area is 407 Å². The number of carbonyl (C=O) groups is 1. The quantitative estimate of drug-likeness (QED) is 0.0761. The molecule has 1 aliphatic heterocycles. The van der Waals surface area contributed by atoms with Crippen LogP contribution in [-0.4, -0.2) is 42.3 Å². The first kappa shape index (κ1) is 47.4. The van der Waals surface area contributed by atoms with Crippen LogP contribution in [-0.2, 0) is 43.9 Å². The molecule has 5 unspecified atom stereocenters. The Bertz CT molecular complexity index is 3020. The summed E-state index contributed by atoms with van der Waals surface area (Å²) in [4.78, 5) is 18.9. The van der Waals surface area contributed by atoms with E-state index in [1.54, 1.807) is 24.3 Å². The van der Waals surface area contributed by atoms with Gasteiger partial charge in [0, 0.05) is 34.9 Å². The molecule has 0 saturated carbocycles. The zero-order chi connectivity index (χ0) is 47.7. The second kappa shape index (κ2) is 21.8. The fraction of sp³-hybridized carbons (Fsp3) is 0.193. The number of hydrogen-bond donors (Lipinski definition) is 3. The Balaban J connectivity index is 0.935. The first-order valence-electron chi connectivity index (χ1n) is 22.9. The maximum Gasteiger partial charge on any atom is 0.256 e. The van der Waals surface area contributed by atoms with E-state index >= 15 is 0 Å². The summed E-state index contributed by atoms with van der Waals surface area (Å²) in [6.45, 7) is 4.15. The van der Waals surface area contributed by atoms with Crippen LogP contribution >= 0.6 is 11.8 Å². The molecule has 1 aromatic heterocycles. The van der Waals surface area contributed by atoms with Crippen molar-refractivity contribution in [2.24, 2.45) is 5.92 Å². The molecular weight excluding hydrogens is 903 g/mol. The number of nitrogens with zero attached hydrogens (tertiary/aromatic N) is 1. The summed E-state index contributed by atoms with van der Waals surface area (Å²) in [5.74, 6) is 0.752. The molecule has 7 aromatic carbocycles. The molecule has 3 N–H and O–H groups in total. The molecule has 9 rings (SSSR count). The van der Waals surface area contributed by atoms with Crippen molar-refractivity contribution in [3.8, 4) is 33.7 Å². The number of aromatic nitrogens is 1. The normalized spacial score (nSPS) is 17.6. The van der Waals surface area contributed by atoms with Crippen LogP contribution < -0.4 is 10.0 Å². The Morgan fingerprint density at radius 2 is 1.30 bits per heavy atom. The number of nitrogens with one attached hydrogen (secondary N) is 2. The van der Waals surface area contributed by atoms with Crippen molar-refractivity contribution in [2.75, 3.05) is 5.75 Å². The van der Waals surface area contributed by atoms with Crippen LogP contribution in [0.2, 0.25) is 0 Å². The average molecular weight is 956 g/mol. The molecule has 0 aliphatic carbocycles. The predicted octanol–water partition coefficient (Wildman–Crippen LogP) is 11.3. The van der Waals surface area contributed by atoms with Gasteiger partial charge in [-0.1, -0.05) is 188 Å². The minimum Gasteiger partial charge on any atom is -0.431 e. The third-order valence-corrected chi connectivity index (χ3v) is 14.7. The van der Waals surface area contributed by atoms with E-state index in [1.165, 1.54) is 11.8 Å². The van der Waals surface area contributed by atoms with Crippen molar-refractivity contribution in [2.45, 2.75) is 68.1 Å². The van der Waals surface area contributed by atoms with Gasteiger partial charge in [0.05, 0.1) is 23.7 Å². The number of rotatable bonds is 17. The fourth-order valence-electron chi connectivity index (χ4n) is 8.45. The topological polar surface area (TPSA) is 140 Å². The maximum absolute atomic E-state index is 13.8. The second-order valence-electron chi connectivity index (χ2n) is 17.2. The number of ether oxygens (including phenoxy) is 2. The standard InChI is InChI=1S/C57H53N3O7S2/c1-38-24-30-49(31-25-38)69(63,64)60-50(33-40-14-6-3-7-15-40)55(62)58-35-42-16-12-21-46(32-42)47-22-13-23-48(34-47)56-65-51(39(2)53(66-56)45-28-26-41(36-61)27-29-45)37-68-57-59-52(43-17-8-4-9-18-43)54(67-57)44-19-10-5-11-20-44/h3-32,34,39,50-51,53,56,60-61H,33,35-37H2,1-2H3,(H,58,62). The molecule has 1 aliphatic rings. The molecule has 0 spiro atoms. The van der Waals surface area contributed by atoms with E-state index in [9.17, 15) is 18.3 Å². The summed E-state index contributed by atoms with van der Waals surface area (Å²) in [5, 5.41) is 13.3. The molecule has 8 aromatic rings. The lowest BCUT2D eigenvalue weighted by molar-refractivity contribution is -0.268. The lowest BCUT2D eigenvalue weighted by atomic mass is 9.91. The van der Waals surface area contributed by atoms with Gasteiger partial charge in [-0.25, -0.2) is 13.4 Å². The van der Waals surface area contributed by atoms with Gasteiger partial charge in [-0.15, -0.1) is 0 Å². The number of sulfonamides is 1. The summed E-state index contributed by atoms with van der Waals surface area (Å²) in [6, 6.07) is 58.7. The van der Waals surface area contributed by atoms with Crippen LogP contribution in [0.4, 0.5) is 0 Å².